The molecule has 0 saturated heterocycles. The van der Waals surface area contributed by atoms with Crippen LogP contribution in [0.4, 0.5) is 0 Å². The van der Waals surface area contributed by atoms with Gasteiger partial charge in [0.2, 0.25) is 0 Å². The Hall–Kier alpha value is -0.830. The molecular formula is C9H9BrO2. The standard InChI is InChI=1S/C9H9BrO2/c1-2-6-3-8(10)4-7(5-11)9(6)12/h3-5,12H,2H2,1H3. The molecule has 12 heavy (non-hydrogen) atoms. The van der Waals surface area contributed by atoms with Crippen LogP contribution in [0.1, 0.15) is 22.8 Å². The summed E-state index contributed by atoms with van der Waals surface area (Å²) in [5, 5.41) is 9.46. The summed E-state index contributed by atoms with van der Waals surface area (Å²) < 4.78 is 0.819. The van der Waals surface area contributed by atoms with Gasteiger partial charge in [-0.05, 0) is 24.1 Å². The quantitative estimate of drug-likeness (QED) is 0.791. The molecule has 1 rings (SSSR count). The topological polar surface area (TPSA) is 37.3 Å². The highest BCUT2D eigenvalue weighted by molar-refractivity contribution is 9.10. The molecule has 0 bridgehead atoms. The normalized spacial score (nSPS) is 9.83. The molecule has 3 heteroatoms. The molecule has 0 aliphatic rings. The first-order valence-electron chi connectivity index (χ1n) is 3.65. The monoisotopic (exact) mass is 228 g/mol. The fourth-order valence-corrected chi connectivity index (χ4v) is 1.56. The molecule has 64 valence electrons. The largest absolute Gasteiger partial charge is 0.507 e. The molecule has 0 aromatic heterocycles. The molecule has 2 nitrogen and oxygen atoms in total. The van der Waals surface area contributed by atoms with E-state index >= 15 is 0 Å². The third kappa shape index (κ3) is 1.67. The van der Waals surface area contributed by atoms with Crippen LogP contribution in [0, 0.1) is 0 Å². The second-order valence-corrected chi connectivity index (χ2v) is 3.39. The number of aromatic hydroxyl groups is 1. The van der Waals surface area contributed by atoms with E-state index in [0.29, 0.717) is 18.3 Å². The van der Waals surface area contributed by atoms with Crippen molar-refractivity contribution < 1.29 is 9.90 Å². The van der Waals surface area contributed by atoms with Gasteiger partial charge in [-0.3, -0.25) is 4.79 Å². The molecule has 0 amide bonds. The Kier molecular flexibility index (Phi) is 2.87. The first-order valence-corrected chi connectivity index (χ1v) is 4.45. The number of halogens is 1. The van der Waals surface area contributed by atoms with E-state index in [9.17, 15) is 9.90 Å². The highest BCUT2D eigenvalue weighted by atomic mass is 79.9. The molecule has 0 heterocycles. The minimum Gasteiger partial charge on any atom is -0.507 e. The Bertz CT molecular complexity index is 308. The van der Waals surface area contributed by atoms with Crippen LogP contribution in [0.25, 0.3) is 0 Å². The first kappa shape index (κ1) is 9.26. The maximum absolute atomic E-state index is 10.5. The van der Waals surface area contributed by atoms with Gasteiger partial charge in [0.15, 0.2) is 6.29 Å². The predicted octanol–water partition coefficient (Wildman–Crippen LogP) is 2.53. The summed E-state index contributed by atoms with van der Waals surface area (Å²) in [5.74, 6) is 0.0932. The lowest BCUT2D eigenvalue weighted by molar-refractivity contribution is 0.112. The number of phenols is 1. The van der Waals surface area contributed by atoms with Crippen molar-refractivity contribution >= 4 is 22.2 Å². The second-order valence-electron chi connectivity index (χ2n) is 2.47. The summed E-state index contributed by atoms with van der Waals surface area (Å²) >= 11 is 3.26. The molecule has 1 aromatic rings. The van der Waals surface area contributed by atoms with E-state index in [2.05, 4.69) is 15.9 Å². The van der Waals surface area contributed by atoms with Crippen LogP contribution in [-0.4, -0.2) is 11.4 Å². The third-order valence-electron chi connectivity index (χ3n) is 1.69. The number of benzene rings is 1. The van der Waals surface area contributed by atoms with Gasteiger partial charge in [0.05, 0.1) is 5.56 Å². The summed E-state index contributed by atoms with van der Waals surface area (Å²) in [6, 6.07) is 3.41. The molecule has 1 N–H and O–H groups in total. The lowest BCUT2D eigenvalue weighted by Crippen LogP contribution is -1.88. The van der Waals surface area contributed by atoms with E-state index < -0.39 is 0 Å². The molecule has 0 spiro atoms. The van der Waals surface area contributed by atoms with Gasteiger partial charge in [0.1, 0.15) is 5.75 Å². The Morgan fingerprint density at radius 3 is 2.75 bits per heavy atom. The summed E-state index contributed by atoms with van der Waals surface area (Å²) in [5.41, 5.74) is 1.12. The Morgan fingerprint density at radius 2 is 2.25 bits per heavy atom. The van der Waals surface area contributed by atoms with Crippen LogP contribution < -0.4 is 0 Å². The summed E-state index contributed by atoms with van der Waals surface area (Å²) in [6.07, 6.45) is 1.37. The molecule has 0 fully saturated rings. The molecule has 0 aliphatic heterocycles. The van der Waals surface area contributed by atoms with Gasteiger partial charge in [0.25, 0.3) is 0 Å². The molecule has 0 aliphatic carbocycles. The van der Waals surface area contributed by atoms with Crippen molar-refractivity contribution in [3.05, 3.63) is 27.7 Å². The average molecular weight is 229 g/mol. The minimum absolute atomic E-state index is 0.0932. The van der Waals surface area contributed by atoms with Gasteiger partial charge in [-0.15, -0.1) is 0 Å². The van der Waals surface area contributed by atoms with E-state index in [4.69, 9.17) is 0 Å². The van der Waals surface area contributed by atoms with Crippen LogP contribution in [0.2, 0.25) is 0 Å². The fraction of sp³-hybridized carbons (Fsp3) is 0.222. The van der Waals surface area contributed by atoms with Crippen molar-refractivity contribution in [1.82, 2.24) is 0 Å². The van der Waals surface area contributed by atoms with Crippen LogP contribution in [-0.2, 0) is 6.42 Å². The van der Waals surface area contributed by atoms with Crippen molar-refractivity contribution in [2.75, 3.05) is 0 Å². The maximum atomic E-state index is 10.5. The number of rotatable bonds is 2. The fourth-order valence-electron chi connectivity index (χ4n) is 1.04. The minimum atomic E-state index is 0.0932. The van der Waals surface area contributed by atoms with Crippen molar-refractivity contribution in [1.29, 1.82) is 0 Å². The maximum Gasteiger partial charge on any atom is 0.153 e. The molecule has 1 aromatic carbocycles. The van der Waals surface area contributed by atoms with Crippen LogP contribution in [0.3, 0.4) is 0 Å². The van der Waals surface area contributed by atoms with E-state index in [1.165, 1.54) is 0 Å². The molecule has 0 unspecified atom stereocenters. The van der Waals surface area contributed by atoms with E-state index in [1.54, 1.807) is 6.07 Å². The summed E-state index contributed by atoms with van der Waals surface area (Å²) in [4.78, 5) is 10.5. The number of hydrogen-bond acceptors (Lipinski definition) is 2. The smallest absolute Gasteiger partial charge is 0.153 e. The van der Waals surface area contributed by atoms with E-state index in [1.807, 2.05) is 13.0 Å². The zero-order valence-electron chi connectivity index (χ0n) is 6.67. The average Bonchev–Trinajstić information content (AvgIpc) is 2.08. The third-order valence-corrected chi connectivity index (χ3v) is 2.15. The van der Waals surface area contributed by atoms with Crippen molar-refractivity contribution in [2.24, 2.45) is 0 Å². The van der Waals surface area contributed by atoms with Gasteiger partial charge in [-0.1, -0.05) is 22.9 Å². The molecule has 0 saturated carbocycles. The van der Waals surface area contributed by atoms with Gasteiger partial charge >= 0.3 is 0 Å². The zero-order valence-corrected chi connectivity index (χ0v) is 8.26. The Balaban J connectivity index is 3.31. The number of aldehydes is 1. The van der Waals surface area contributed by atoms with E-state index in [-0.39, 0.29) is 5.75 Å². The Labute approximate surface area is 79.3 Å². The Morgan fingerprint density at radius 1 is 1.58 bits per heavy atom. The van der Waals surface area contributed by atoms with Gasteiger partial charge in [-0.2, -0.15) is 0 Å². The second kappa shape index (κ2) is 3.72. The van der Waals surface area contributed by atoms with Gasteiger partial charge in [-0.25, -0.2) is 0 Å². The zero-order chi connectivity index (χ0) is 9.14. The lowest BCUT2D eigenvalue weighted by Gasteiger charge is -2.04. The molecule has 0 atom stereocenters. The SMILES string of the molecule is CCc1cc(Br)cc(C=O)c1O. The molecule has 0 radical (unpaired) electrons. The van der Waals surface area contributed by atoms with Crippen molar-refractivity contribution in [2.45, 2.75) is 13.3 Å². The summed E-state index contributed by atoms with van der Waals surface area (Å²) in [6.45, 7) is 1.93. The van der Waals surface area contributed by atoms with E-state index in [0.717, 1.165) is 10.0 Å². The van der Waals surface area contributed by atoms with Crippen LogP contribution in [0.15, 0.2) is 16.6 Å². The first-order chi connectivity index (χ1) is 5.69. The van der Waals surface area contributed by atoms with Crippen molar-refractivity contribution in [3.63, 3.8) is 0 Å². The number of carbonyl (C=O) groups excluding carboxylic acids is 1. The summed E-state index contributed by atoms with van der Waals surface area (Å²) in [7, 11) is 0. The number of hydrogen-bond donors (Lipinski definition) is 1. The number of phenolic OH excluding ortho intramolecular Hbond substituents is 1. The van der Waals surface area contributed by atoms with Crippen LogP contribution >= 0.6 is 15.9 Å². The predicted molar refractivity (Wildman–Crippen MR) is 50.6 cm³/mol. The van der Waals surface area contributed by atoms with Crippen molar-refractivity contribution in [3.8, 4) is 5.75 Å². The highest BCUT2D eigenvalue weighted by Crippen LogP contribution is 2.26. The molecular weight excluding hydrogens is 220 g/mol. The van der Waals surface area contributed by atoms with Crippen LogP contribution in [0.5, 0.6) is 5.75 Å². The van der Waals surface area contributed by atoms with Gasteiger partial charge in [0, 0.05) is 4.47 Å². The van der Waals surface area contributed by atoms with Gasteiger partial charge < -0.3 is 5.11 Å². The highest BCUT2D eigenvalue weighted by Gasteiger charge is 2.06. The lowest BCUT2D eigenvalue weighted by atomic mass is 10.1. The number of aryl methyl sites for hydroxylation is 1. The number of carbonyl (C=O) groups is 1.